The Morgan fingerprint density at radius 2 is 1.94 bits per heavy atom. The summed E-state index contributed by atoms with van der Waals surface area (Å²) < 4.78 is 0. The van der Waals surface area contributed by atoms with E-state index in [4.69, 9.17) is 16.9 Å². The highest BCUT2D eigenvalue weighted by molar-refractivity contribution is 6.32. The van der Waals surface area contributed by atoms with E-state index in [1.165, 1.54) is 19.3 Å². The number of benzene rings is 1. The molecule has 0 radical (unpaired) electrons. The summed E-state index contributed by atoms with van der Waals surface area (Å²) in [7, 11) is 0. The van der Waals surface area contributed by atoms with Crippen molar-refractivity contribution in [2.45, 2.75) is 25.3 Å². The van der Waals surface area contributed by atoms with Gasteiger partial charge in [-0.2, -0.15) is 5.26 Å². The molecule has 3 aliphatic carbocycles. The van der Waals surface area contributed by atoms with Gasteiger partial charge in [0, 0.05) is 11.7 Å². The third-order valence-electron chi connectivity index (χ3n) is 5.16. The summed E-state index contributed by atoms with van der Waals surface area (Å²) in [5, 5.41) is 13.0. The lowest BCUT2D eigenvalue weighted by atomic mass is 10.0. The van der Waals surface area contributed by atoms with Crippen LogP contribution in [0.1, 0.15) is 24.8 Å². The Balaban J connectivity index is 1.51. The van der Waals surface area contributed by atoms with Gasteiger partial charge in [0.25, 0.3) is 0 Å². The van der Waals surface area contributed by atoms with Gasteiger partial charge in [0.15, 0.2) is 0 Å². The first kappa shape index (κ1) is 10.7. The number of anilines is 1. The molecular formula is C15H15ClN2. The van der Waals surface area contributed by atoms with Crippen molar-refractivity contribution in [1.82, 2.24) is 0 Å². The minimum atomic E-state index is 0.552. The molecule has 4 unspecified atom stereocenters. The molecule has 4 atom stereocenters. The van der Waals surface area contributed by atoms with Crippen molar-refractivity contribution in [3.8, 4) is 6.07 Å². The van der Waals surface area contributed by atoms with Crippen LogP contribution in [0.2, 0.25) is 5.02 Å². The topological polar surface area (TPSA) is 35.8 Å². The summed E-state index contributed by atoms with van der Waals surface area (Å²) in [5.74, 6) is 3.79. The number of rotatable bonds is 2. The molecular weight excluding hydrogens is 244 g/mol. The molecule has 0 amide bonds. The molecule has 1 N–H and O–H groups in total. The van der Waals surface area contributed by atoms with Crippen LogP contribution in [-0.2, 0) is 0 Å². The Morgan fingerprint density at radius 3 is 2.56 bits per heavy atom. The van der Waals surface area contributed by atoms with Gasteiger partial charge in [0.2, 0.25) is 0 Å². The van der Waals surface area contributed by atoms with Crippen molar-refractivity contribution in [3.63, 3.8) is 0 Å². The molecule has 92 valence electrons. The molecule has 3 fully saturated rings. The second kappa shape index (κ2) is 3.65. The number of nitriles is 1. The van der Waals surface area contributed by atoms with Crippen LogP contribution in [0.15, 0.2) is 18.2 Å². The zero-order valence-corrected chi connectivity index (χ0v) is 10.8. The van der Waals surface area contributed by atoms with Crippen LogP contribution < -0.4 is 5.32 Å². The fraction of sp³-hybridized carbons (Fsp3) is 0.533. The molecule has 4 rings (SSSR count). The lowest BCUT2D eigenvalue weighted by Gasteiger charge is -2.12. The quantitative estimate of drug-likeness (QED) is 0.879. The molecule has 0 saturated heterocycles. The van der Waals surface area contributed by atoms with Gasteiger partial charge >= 0.3 is 0 Å². The van der Waals surface area contributed by atoms with Crippen LogP contribution in [0.5, 0.6) is 0 Å². The maximum Gasteiger partial charge on any atom is 0.101 e. The number of fused-ring (bicyclic) bond motifs is 5. The maximum atomic E-state index is 8.86. The number of nitrogens with one attached hydrogen (secondary N) is 1. The van der Waals surface area contributed by atoms with Crippen LogP contribution in [0.25, 0.3) is 0 Å². The zero-order valence-electron chi connectivity index (χ0n) is 10.1. The highest BCUT2D eigenvalue weighted by Crippen LogP contribution is 2.66. The summed E-state index contributed by atoms with van der Waals surface area (Å²) in [6, 6.07) is 8.42. The highest BCUT2D eigenvalue weighted by atomic mass is 35.5. The van der Waals surface area contributed by atoms with Gasteiger partial charge < -0.3 is 5.32 Å². The van der Waals surface area contributed by atoms with Gasteiger partial charge in [-0.05, 0) is 61.1 Å². The van der Waals surface area contributed by atoms with Crippen molar-refractivity contribution < 1.29 is 0 Å². The third kappa shape index (κ3) is 1.40. The Kier molecular flexibility index (Phi) is 2.17. The van der Waals surface area contributed by atoms with Crippen LogP contribution in [0.3, 0.4) is 0 Å². The molecule has 2 bridgehead atoms. The average molecular weight is 259 g/mol. The first-order chi connectivity index (χ1) is 8.78. The lowest BCUT2D eigenvalue weighted by molar-refractivity contribution is 0.456. The van der Waals surface area contributed by atoms with Gasteiger partial charge in [-0.3, -0.25) is 0 Å². The predicted molar refractivity (Wildman–Crippen MR) is 71.4 cm³/mol. The van der Waals surface area contributed by atoms with Crippen LogP contribution in [0.4, 0.5) is 5.69 Å². The van der Waals surface area contributed by atoms with E-state index in [2.05, 4.69) is 11.4 Å². The van der Waals surface area contributed by atoms with Gasteiger partial charge in [0.1, 0.15) is 6.07 Å². The summed E-state index contributed by atoms with van der Waals surface area (Å²) >= 11 is 6.06. The van der Waals surface area contributed by atoms with E-state index in [1.54, 1.807) is 6.07 Å². The Morgan fingerprint density at radius 1 is 1.22 bits per heavy atom. The second-order valence-electron chi connectivity index (χ2n) is 5.96. The van der Waals surface area contributed by atoms with E-state index in [-0.39, 0.29) is 0 Å². The smallest absolute Gasteiger partial charge is 0.101 e. The number of hydrogen-bond acceptors (Lipinski definition) is 2. The van der Waals surface area contributed by atoms with Gasteiger partial charge in [0.05, 0.1) is 10.6 Å². The second-order valence-corrected chi connectivity index (χ2v) is 6.37. The number of nitrogens with zero attached hydrogens (tertiary/aromatic N) is 1. The molecule has 0 heterocycles. The first-order valence-electron chi connectivity index (χ1n) is 6.74. The fourth-order valence-electron chi connectivity index (χ4n) is 4.41. The van der Waals surface area contributed by atoms with Gasteiger partial charge in [-0.15, -0.1) is 0 Å². The summed E-state index contributed by atoms with van der Waals surface area (Å²) in [6.07, 6.45) is 4.36. The molecule has 3 saturated carbocycles. The molecule has 1 aromatic carbocycles. The average Bonchev–Trinajstić information content (AvgIpc) is 2.77. The number of hydrogen-bond donors (Lipinski definition) is 1. The van der Waals surface area contributed by atoms with E-state index in [9.17, 15) is 0 Å². The molecule has 2 nitrogen and oxygen atoms in total. The highest BCUT2D eigenvalue weighted by Gasteiger charge is 2.64. The van der Waals surface area contributed by atoms with E-state index < -0.39 is 0 Å². The van der Waals surface area contributed by atoms with E-state index in [0.717, 1.165) is 29.4 Å². The van der Waals surface area contributed by atoms with Crippen LogP contribution in [-0.4, -0.2) is 6.04 Å². The monoisotopic (exact) mass is 258 g/mol. The summed E-state index contributed by atoms with van der Waals surface area (Å²) in [4.78, 5) is 0. The molecule has 1 aromatic rings. The molecule has 3 heteroatoms. The predicted octanol–water partition coefficient (Wildman–Crippen LogP) is 3.67. The van der Waals surface area contributed by atoms with Crippen molar-refractivity contribution in [1.29, 1.82) is 5.26 Å². The van der Waals surface area contributed by atoms with Crippen molar-refractivity contribution >= 4 is 17.3 Å². The Bertz CT molecular complexity index is 532. The lowest BCUT2D eigenvalue weighted by Crippen LogP contribution is -2.12. The normalized spacial score (nSPS) is 39.2. The Hall–Kier alpha value is -1.20. The van der Waals surface area contributed by atoms with E-state index in [1.807, 2.05) is 12.1 Å². The summed E-state index contributed by atoms with van der Waals surface area (Å²) in [6.45, 7) is 0. The van der Waals surface area contributed by atoms with Crippen LogP contribution in [0, 0.1) is 35.0 Å². The first-order valence-corrected chi connectivity index (χ1v) is 7.12. The molecule has 18 heavy (non-hydrogen) atoms. The molecule has 0 aliphatic heterocycles. The minimum Gasteiger partial charge on any atom is -0.382 e. The standard InChI is InChI=1S/C15H15ClN2/c16-12-6-11(4-3-10(12)7-17)18-15-13-8-1-2-9(5-8)14(13)15/h3-4,6,8-9,13-15,18H,1-2,5H2. The van der Waals surface area contributed by atoms with Crippen molar-refractivity contribution in [2.75, 3.05) is 5.32 Å². The zero-order chi connectivity index (χ0) is 12.3. The summed E-state index contributed by atoms with van der Waals surface area (Å²) in [5.41, 5.74) is 1.62. The van der Waals surface area contributed by atoms with E-state index in [0.29, 0.717) is 16.6 Å². The van der Waals surface area contributed by atoms with Crippen molar-refractivity contribution in [3.05, 3.63) is 28.8 Å². The molecule has 3 aliphatic rings. The molecule has 0 spiro atoms. The maximum absolute atomic E-state index is 8.86. The van der Waals surface area contributed by atoms with Gasteiger partial charge in [-0.25, -0.2) is 0 Å². The Labute approximate surface area is 112 Å². The third-order valence-corrected chi connectivity index (χ3v) is 5.47. The van der Waals surface area contributed by atoms with Gasteiger partial charge in [-0.1, -0.05) is 11.6 Å². The fourth-order valence-corrected chi connectivity index (χ4v) is 4.63. The SMILES string of the molecule is N#Cc1ccc(NC2C3C4CCC(C4)C23)cc1Cl. The largest absolute Gasteiger partial charge is 0.382 e. The van der Waals surface area contributed by atoms with Crippen LogP contribution >= 0.6 is 11.6 Å². The van der Waals surface area contributed by atoms with Crippen molar-refractivity contribution in [2.24, 2.45) is 23.7 Å². The molecule has 0 aromatic heterocycles. The van der Waals surface area contributed by atoms with E-state index >= 15 is 0 Å². The minimum absolute atomic E-state index is 0.552. The number of halogens is 1.